The molecule has 2 saturated heterocycles. The van der Waals surface area contributed by atoms with Gasteiger partial charge in [-0.15, -0.1) is 0 Å². The molecule has 0 aromatic rings. The summed E-state index contributed by atoms with van der Waals surface area (Å²) in [5.41, 5.74) is 0.526. The van der Waals surface area contributed by atoms with Crippen molar-refractivity contribution >= 4 is 0 Å². The van der Waals surface area contributed by atoms with Crippen LogP contribution in [0.25, 0.3) is 0 Å². The van der Waals surface area contributed by atoms with E-state index in [1.165, 1.54) is 19.3 Å². The van der Waals surface area contributed by atoms with Gasteiger partial charge in [0.2, 0.25) is 0 Å². The van der Waals surface area contributed by atoms with Gasteiger partial charge in [0.15, 0.2) is 0 Å². The fourth-order valence-corrected chi connectivity index (χ4v) is 1.85. The topological polar surface area (TPSA) is 18.5 Å². The van der Waals surface area contributed by atoms with Crippen LogP contribution in [-0.2, 0) is 9.47 Å². The van der Waals surface area contributed by atoms with Crippen LogP contribution in [0.15, 0.2) is 0 Å². The second kappa shape index (κ2) is 2.51. The molecule has 2 aliphatic heterocycles. The maximum atomic E-state index is 5.38. The Kier molecular flexibility index (Phi) is 1.66. The molecule has 0 unspecified atom stereocenters. The second-order valence-electron chi connectivity index (χ2n) is 3.41. The quantitative estimate of drug-likeness (QED) is 0.506. The summed E-state index contributed by atoms with van der Waals surface area (Å²) < 4.78 is 10.7. The highest BCUT2D eigenvalue weighted by Crippen LogP contribution is 2.37. The molecule has 2 nitrogen and oxygen atoms in total. The number of rotatable bonds is 0. The van der Waals surface area contributed by atoms with Crippen molar-refractivity contribution < 1.29 is 9.47 Å². The lowest BCUT2D eigenvalue weighted by molar-refractivity contribution is 0.00900. The fourth-order valence-electron chi connectivity index (χ4n) is 1.85. The van der Waals surface area contributed by atoms with Crippen molar-refractivity contribution in [2.75, 3.05) is 26.4 Å². The summed E-state index contributed by atoms with van der Waals surface area (Å²) in [6.45, 7) is 3.85. The lowest BCUT2D eigenvalue weighted by atomic mass is 9.80. The minimum Gasteiger partial charge on any atom is -0.381 e. The lowest BCUT2D eigenvalue weighted by Crippen LogP contribution is -2.29. The van der Waals surface area contributed by atoms with Crippen molar-refractivity contribution in [1.82, 2.24) is 0 Å². The summed E-state index contributed by atoms with van der Waals surface area (Å²) in [7, 11) is 0. The first-order chi connectivity index (χ1) is 4.91. The molecule has 0 radical (unpaired) electrons. The van der Waals surface area contributed by atoms with E-state index < -0.39 is 0 Å². The van der Waals surface area contributed by atoms with Crippen LogP contribution < -0.4 is 0 Å². The molecule has 2 aliphatic rings. The molecule has 1 spiro atoms. The molecule has 0 atom stereocenters. The van der Waals surface area contributed by atoms with E-state index in [0.29, 0.717) is 5.41 Å². The molecule has 2 heterocycles. The predicted molar refractivity (Wildman–Crippen MR) is 37.9 cm³/mol. The Morgan fingerprint density at radius 1 is 0.800 bits per heavy atom. The van der Waals surface area contributed by atoms with Crippen molar-refractivity contribution in [2.24, 2.45) is 5.41 Å². The van der Waals surface area contributed by atoms with E-state index in [-0.39, 0.29) is 0 Å². The lowest BCUT2D eigenvalue weighted by Gasteiger charge is -2.31. The molecule has 10 heavy (non-hydrogen) atoms. The molecule has 0 aromatic heterocycles. The Bertz CT molecular complexity index is 108. The molecule has 2 heteroatoms. The van der Waals surface area contributed by atoms with Crippen LogP contribution in [0.3, 0.4) is 0 Å². The van der Waals surface area contributed by atoms with Crippen molar-refractivity contribution in [3.05, 3.63) is 0 Å². The molecular weight excluding hydrogens is 128 g/mol. The van der Waals surface area contributed by atoms with Gasteiger partial charge in [0.1, 0.15) is 0 Å². The molecule has 0 aromatic carbocycles. The Morgan fingerprint density at radius 3 is 1.90 bits per heavy atom. The van der Waals surface area contributed by atoms with E-state index in [9.17, 15) is 0 Å². The van der Waals surface area contributed by atoms with Crippen LogP contribution in [0.4, 0.5) is 0 Å². The molecule has 2 fully saturated rings. The summed E-state index contributed by atoms with van der Waals surface area (Å²) in [4.78, 5) is 0. The van der Waals surface area contributed by atoms with E-state index in [2.05, 4.69) is 0 Å². The first-order valence-corrected chi connectivity index (χ1v) is 4.07. The Balaban J connectivity index is 1.98. The van der Waals surface area contributed by atoms with Gasteiger partial charge in [-0.25, -0.2) is 0 Å². The van der Waals surface area contributed by atoms with Gasteiger partial charge in [0.05, 0.1) is 6.61 Å². The molecule has 58 valence electrons. The van der Waals surface area contributed by atoms with E-state index in [1.54, 1.807) is 0 Å². The normalized spacial score (nSPS) is 31.2. The number of hydrogen-bond donors (Lipinski definition) is 0. The van der Waals surface area contributed by atoms with Crippen LogP contribution in [-0.4, -0.2) is 26.4 Å². The summed E-state index contributed by atoms with van der Waals surface area (Å²) in [6, 6.07) is 0. The van der Waals surface area contributed by atoms with Gasteiger partial charge in [-0.2, -0.15) is 0 Å². The van der Waals surface area contributed by atoms with Crippen LogP contribution in [0, 0.1) is 5.41 Å². The van der Waals surface area contributed by atoms with Gasteiger partial charge < -0.3 is 9.47 Å². The van der Waals surface area contributed by atoms with Crippen molar-refractivity contribution in [1.29, 1.82) is 0 Å². The van der Waals surface area contributed by atoms with Crippen molar-refractivity contribution in [3.63, 3.8) is 0 Å². The van der Waals surface area contributed by atoms with Crippen molar-refractivity contribution in [2.45, 2.75) is 19.3 Å². The Labute approximate surface area is 61.5 Å². The first kappa shape index (κ1) is 6.62. The summed E-state index contributed by atoms with van der Waals surface area (Å²) in [5.74, 6) is 0. The van der Waals surface area contributed by atoms with E-state index in [1.807, 2.05) is 0 Å². The zero-order valence-electron chi connectivity index (χ0n) is 6.27. The van der Waals surface area contributed by atoms with E-state index >= 15 is 0 Å². The highest BCUT2D eigenvalue weighted by atomic mass is 16.5. The summed E-state index contributed by atoms with van der Waals surface area (Å²) >= 11 is 0. The third-order valence-corrected chi connectivity index (χ3v) is 2.74. The SMILES string of the molecule is C1CC2(CCO1)CCOC2. The molecule has 2 rings (SSSR count). The molecule has 0 N–H and O–H groups in total. The Hall–Kier alpha value is -0.0800. The van der Waals surface area contributed by atoms with Gasteiger partial charge in [0, 0.05) is 25.2 Å². The first-order valence-electron chi connectivity index (χ1n) is 4.07. The van der Waals surface area contributed by atoms with Gasteiger partial charge in [-0.1, -0.05) is 0 Å². The van der Waals surface area contributed by atoms with Gasteiger partial charge in [0.25, 0.3) is 0 Å². The Morgan fingerprint density at radius 2 is 1.40 bits per heavy atom. The number of ether oxygens (including phenoxy) is 2. The van der Waals surface area contributed by atoms with E-state index in [4.69, 9.17) is 9.47 Å². The highest BCUT2D eigenvalue weighted by Gasteiger charge is 2.36. The van der Waals surface area contributed by atoms with Gasteiger partial charge >= 0.3 is 0 Å². The molecule has 0 bridgehead atoms. The third kappa shape index (κ3) is 1.06. The monoisotopic (exact) mass is 142 g/mol. The summed E-state index contributed by atoms with van der Waals surface area (Å²) in [5, 5.41) is 0. The molecule has 0 saturated carbocycles. The fraction of sp³-hybridized carbons (Fsp3) is 1.00. The standard InChI is InChI=1S/C8H14O2/c1-4-9-5-2-8(1)3-6-10-7-8/h1-7H2. The van der Waals surface area contributed by atoms with Crippen LogP contribution in [0.2, 0.25) is 0 Å². The zero-order valence-corrected chi connectivity index (χ0v) is 6.27. The molecular formula is C8H14O2. The van der Waals surface area contributed by atoms with Crippen LogP contribution in [0.5, 0.6) is 0 Å². The second-order valence-corrected chi connectivity index (χ2v) is 3.41. The average Bonchev–Trinajstić information content (AvgIpc) is 2.39. The largest absolute Gasteiger partial charge is 0.381 e. The average molecular weight is 142 g/mol. The molecule has 0 aliphatic carbocycles. The minimum absolute atomic E-state index is 0.526. The van der Waals surface area contributed by atoms with Crippen LogP contribution in [0.1, 0.15) is 19.3 Å². The van der Waals surface area contributed by atoms with Crippen molar-refractivity contribution in [3.8, 4) is 0 Å². The number of hydrogen-bond acceptors (Lipinski definition) is 2. The predicted octanol–water partition coefficient (Wildman–Crippen LogP) is 1.20. The zero-order chi connectivity index (χ0) is 6.86. The third-order valence-electron chi connectivity index (χ3n) is 2.74. The highest BCUT2D eigenvalue weighted by molar-refractivity contribution is 4.84. The minimum atomic E-state index is 0.526. The maximum Gasteiger partial charge on any atom is 0.0524 e. The molecule has 0 amide bonds. The van der Waals surface area contributed by atoms with Crippen LogP contribution >= 0.6 is 0 Å². The van der Waals surface area contributed by atoms with Gasteiger partial charge in [-0.3, -0.25) is 0 Å². The van der Waals surface area contributed by atoms with E-state index in [0.717, 1.165) is 26.4 Å². The smallest absolute Gasteiger partial charge is 0.0524 e. The van der Waals surface area contributed by atoms with Gasteiger partial charge in [-0.05, 0) is 19.3 Å². The summed E-state index contributed by atoms with van der Waals surface area (Å²) in [6.07, 6.45) is 3.69. The maximum absolute atomic E-state index is 5.38.